The first-order valence-corrected chi connectivity index (χ1v) is 10.9. The van der Waals surface area contributed by atoms with Crippen molar-refractivity contribution in [1.82, 2.24) is 4.90 Å². The predicted octanol–water partition coefficient (Wildman–Crippen LogP) is 2.67. The topological polar surface area (TPSA) is 49.8 Å². The summed E-state index contributed by atoms with van der Waals surface area (Å²) in [5.74, 6) is -0.0661. The summed E-state index contributed by atoms with van der Waals surface area (Å²) in [5, 5.41) is 9.31. The zero-order valence-corrected chi connectivity index (χ0v) is 17.1. The number of hydrogen-bond acceptors (Lipinski definition) is 4. The minimum Gasteiger partial charge on any atom is -0.508 e. The molecule has 0 aliphatic rings. The summed E-state index contributed by atoms with van der Waals surface area (Å²) in [5.41, 5.74) is 2.10. The summed E-state index contributed by atoms with van der Waals surface area (Å²) >= 11 is 0. The standard InChI is InChI=1S/C21H27NO3Si/c1-22(2)21(26-3,15-18-9-12-19(23)13-10-18)16-25-20(24)14-11-17-7-5-4-6-8-17/h4-14,23H,15-16,26H2,1-3H3/b14-11+/t21-/m0/s1. The predicted molar refractivity (Wildman–Crippen MR) is 109 cm³/mol. The number of carbonyl (C=O) groups is 1. The number of phenolic OH excluding ortho intramolecular Hbond substituents is 1. The maximum Gasteiger partial charge on any atom is 0.330 e. The van der Waals surface area contributed by atoms with Crippen molar-refractivity contribution in [3.63, 3.8) is 0 Å². The van der Waals surface area contributed by atoms with Crippen LogP contribution < -0.4 is 0 Å². The number of ether oxygens (including phenoxy) is 1. The number of likely N-dealkylation sites (N-methyl/N-ethyl adjacent to an activating group) is 1. The van der Waals surface area contributed by atoms with Crippen molar-refractivity contribution in [1.29, 1.82) is 0 Å². The van der Waals surface area contributed by atoms with Crippen LogP contribution in [-0.4, -0.2) is 51.4 Å². The van der Waals surface area contributed by atoms with Gasteiger partial charge in [0.1, 0.15) is 12.4 Å². The molecular weight excluding hydrogens is 342 g/mol. The Morgan fingerprint density at radius 3 is 2.38 bits per heavy atom. The fourth-order valence-corrected chi connectivity index (χ4v) is 4.33. The molecule has 0 heterocycles. The Hall–Kier alpha value is -2.37. The van der Waals surface area contributed by atoms with Gasteiger partial charge in [0.05, 0.1) is 0 Å². The SMILES string of the molecule is C[SiH2][C@](COC(=O)/C=C/c1ccccc1)(Cc1ccc(O)cc1)N(C)C. The number of nitrogens with zero attached hydrogens (tertiary/aromatic N) is 1. The van der Waals surface area contributed by atoms with Gasteiger partial charge in [-0.3, -0.25) is 0 Å². The van der Waals surface area contributed by atoms with Crippen LogP contribution in [0.15, 0.2) is 60.7 Å². The molecule has 0 fully saturated rings. The van der Waals surface area contributed by atoms with Crippen LogP contribution in [0.3, 0.4) is 0 Å². The van der Waals surface area contributed by atoms with Gasteiger partial charge in [-0.15, -0.1) is 0 Å². The fraction of sp³-hybridized carbons (Fsp3) is 0.286. The van der Waals surface area contributed by atoms with E-state index in [-0.39, 0.29) is 16.9 Å². The van der Waals surface area contributed by atoms with E-state index in [1.54, 1.807) is 18.2 Å². The summed E-state index contributed by atoms with van der Waals surface area (Å²) < 4.78 is 5.60. The van der Waals surface area contributed by atoms with Crippen molar-refractivity contribution in [3.05, 3.63) is 71.8 Å². The maximum absolute atomic E-state index is 12.2. The molecule has 1 N–H and O–H groups in total. The molecule has 0 saturated carbocycles. The highest BCUT2D eigenvalue weighted by atomic mass is 28.2. The van der Waals surface area contributed by atoms with E-state index >= 15 is 0 Å². The molecule has 26 heavy (non-hydrogen) atoms. The Kier molecular flexibility index (Phi) is 7.18. The minimum atomic E-state index is -0.525. The van der Waals surface area contributed by atoms with Crippen LogP contribution >= 0.6 is 0 Å². The number of benzene rings is 2. The van der Waals surface area contributed by atoms with Crippen molar-refractivity contribution in [3.8, 4) is 5.75 Å². The van der Waals surface area contributed by atoms with Gasteiger partial charge in [-0.25, -0.2) is 4.79 Å². The number of carbonyl (C=O) groups excluding carboxylic acids is 1. The Bertz CT molecular complexity index is 729. The van der Waals surface area contributed by atoms with E-state index < -0.39 is 9.52 Å². The third kappa shape index (κ3) is 5.57. The molecule has 0 bridgehead atoms. The molecule has 0 saturated heterocycles. The van der Waals surface area contributed by atoms with Crippen LogP contribution in [0.25, 0.3) is 6.08 Å². The maximum atomic E-state index is 12.2. The van der Waals surface area contributed by atoms with Crippen LogP contribution in [0, 0.1) is 0 Å². The van der Waals surface area contributed by atoms with Gasteiger partial charge in [0.15, 0.2) is 0 Å². The third-order valence-electron chi connectivity index (χ3n) is 4.77. The third-order valence-corrected chi connectivity index (χ3v) is 7.17. The lowest BCUT2D eigenvalue weighted by molar-refractivity contribution is -0.140. The monoisotopic (exact) mass is 369 g/mol. The molecule has 2 aromatic rings. The highest BCUT2D eigenvalue weighted by Crippen LogP contribution is 2.21. The Labute approximate surface area is 157 Å². The van der Waals surface area contributed by atoms with E-state index in [9.17, 15) is 9.90 Å². The second-order valence-corrected chi connectivity index (χ2v) is 8.69. The summed E-state index contributed by atoms with van der Waals surface area (Å²) in [6.07, 6.45) is 4.04. The van der Waals surface area contributed by atoms with Crippen molar-refractivity contribution in [2.45, 2.75) is 18.1 Å². The van der Waals surface area contributed by atoms with Crippen molar-refractivity contribution < 1.29 is 14.6 Å². The highest BCUT2D eigenvalue weighted by Gasteiger charge is 2.32. The summed E-state index contributed by atoms with van der Waals surface area (Å²) in [6.45, 7) is 2.59. The number of hydrogen-bond donors (Lipinski definition) is 1. The van der Waals surface area contributed by atoms with E-state index in [2.05, 4.69) is 11.4 Å². The van der Waals surface area contributed by atoms with Crippen molar-refractivity contribution in [2.24, 2.45) is 0 Å². The van der Waals surface area contributed by atoms with Gasteiger partial charge >= 0.3 is 5.97 Å². The van der Waals surface area contributed by atoms with Crippen LogP contribution in [0.5, 0.6) is 5.75 Å². The summed E-state index contributed by atoms with van der Waals surface area (Å²) in [7, 11) is 3.54. The lowest BCUT2D eigenvalue weighted by atomic mass is 10.0. The molecule has 4 nitrogen and oxygen atoms in total. The largest absolute Gasteiger partial charge is 0.508 e. The van der Waals surface area contributed by atoms with Gasteiger partial charge in [0, 0.05) is 20.8 Å². The van der Waals surface area contributed by atoms with Gasteiger partial charge in [0.25, 0.3) is 0 Å². The van der Waals surface area contributed by atoms with E-state index in [4.69, 9.17) is 4.74 Å². The van der Waals surface area contributed by atoms with Crippen LogP contribution in [0.2, 0.25) is 6.55 Å². The molecule has 0 amide bonds. The summed E-state index contributed by atoms with van der Waals surface area (Å²) in [6, 6.07) is 16.9. The van der Waals surface area contributed by atoms with Gasteiger partial charge in [-0.05, 0) is 49.9 Å². The number of aromatic hydroxyl groups is 1. The van der Waals surface area contributed by atoms with E-state index in [1.165, 1.54) is 6.08 Å². The van der Waals surface area contributed by atoms with Crippen LogP contribution in [0.4, 0.5) is 0 Å². The van der Waals surface area contributed by atoms with Gasteiger partial charge in [-0.1, -0.05) is 49.0 Å². The Morgan fingerprint density at radius 1 is 1.15 bits per heavy atom. The quantitative estimate of drug-likeness (QED) is 0.442. The Morgan fingerprint density at radius 2 is 1.81 bits per heavy atom. The highest BCUT2D eigenvalue weighted by molar-refractivity contribution is 6.38. The zero-order valence-electron chi connectivity index (χ0n) is 15.7. The average Bonchev–Trinajstić information content (AvgIpc) is 2.65. The van der Waals surface area contributed by atoms with Gasteiger partial charge < -0.3 is 14.7 Å². The van der Waals surface area contributed by atoms with Crippen LogP contribution in [0.1, 0.15) is 11.1 Å². The second kappa shape index (κ2) is 9.36. The number of phenols is 1. The van der Waals surface area contributed by atoms with E-state index in [1.807, 2.05) is 56.6 Å². The first-order valence-electron chi connectivity index (χ1n) is 8.80. The fourth-order valence-electron chi connectivity index (χ4n) is 2.86. The smallest absolute Gasteiger partial charge is 0.330 e. The molecule has 0 spiro atoms. The zero-order chi connectivity index (χ0) is 19.0. The molecule has 2 aromatic carbocycles. The molecule has 0 aromatic heterocycles. The number of rotatable bonds is 8. The van der Waals surface area contributed by atoms with Crippen molar-refractivity contribution >= 4 is 21.6 Å². The number of esters is 1. The molecule has 1 atom stereocenters. The van der Waals surface area contributed by atoms with E-state index in [0.29, 0.717) is 6.61 Å². The Balaban J connectivity index is 2.03. The normalized spacial score (nSPS) is 14.2. The van der Waals surface area contributed by atoms with Gasteiger partial charge in [0.2, 0.25) is 0 Å². The average molecular weight is 370 g/mol. The molecule has 138 valence electrons. The van der Waals surface area contributed by atoms with E-state index in [0.717, 1.165) is 17.5 Å². The molecule has 0 radical (unpaired) electrons. The molecule has 5 heteroatoms. The minimum absolute atomic E-state index is 0.160. The van der Waals surface area contributed by atoms with Gasteiger partial charge in [-0.2, -0.15) is 0 Å². The molecular formula is C21H27NO3Si. The second-order valence-electron chi connectivity index (χ2n) is 6.67. The van der Waals surface area contributed by atoms with Crippen LogP contribution in [-0.2, 0) is 16.0 Å². The van der Waals surface area contributed by atoms with Crippen molar-refractivity contribution in [2.75, 3.05) is 20.7 Å². The lowest BCUT2D eigenvalue weighted by Crippen LogP contribution is -2.54. The molecule has 0 aliphatic heterocycles. The molecule has 0 aliphatic carbocycles. The first-order chi connectivity index (χ1) is 12.4. The lowest BCUT2D eigenvalue weighted by Gasteiger charge is -2.38. The molecule has 2 rings (SSSR count). The first kappa shape index (κ1) is 19.9. The summed E-state index contributed by atoms with van der Waals surface area (Å²) in [4.78, 5) is 14.3. The molecule has 0 unspecified atom stereocenters.